The van der Waals surface area contributed by atoms with Crippen molar-refractivity contribution in [3.63, 3.8) is 0 Å². The zero-order chi connectivity index (χ0) is 18.7. The van der Waals surface area contributed by atoms with E-state index in [1.807, 2.05) is 19.1 Å². The molecule has 2 aromatic rings. The van der Waals surface area contributed by atoms with Gasteiger partial charge in [0.15, 0.2) is 0 Å². The number of carbonyl (C=O) groups excluding carboxylic acids is 2. The maximum atomic E-state index is 12.7. The van der Waals surface area contributed by atoms with Crippen LogP contribution in [0.3, 0.4) is 0 Å². The molecule has 0 aliphatic carbocycles. The number of ether oxygens (including phenoxy) is 1. The zero-order valence-electron chi connectivity index (χ0n) is 15.1. The Morgan fingerprint density at radius 1 is 1.23 bits per heavy atom. The number of benzene rings is 1. The lowest BCUT2D eigenvalue weighted by Gasteiger charge is -2.31. The molecule has 1 fully saturated rings. The van der Waals surface area contributed by atoms with Crippen molar-refractivity contribution < 1.29 is 18.7 Å². The van der Waals surface area contributed by atoms with Crippen LogP contribution in [0.5, 0.6) is 0 Å². The third-order valence-corrected chi connectivity index (χ3v) is 4.79. The standard InChI is InChI=1S/C20H23NO5/c1-3-25-20(24)14-6-8-21(9-7-14)18(22)11-15-12-19(23)26-17-10-13(2)4-5-16(15)17/h4-5,10,12,14H,3,6-9,11H2,1-2H3. The van der Waals surface area contributed by atoms with Crippen molar-refractivity contribution in [2.75, 3.05) is 19.7 Å². The zero-order valence-corrected chi connectivity index (χ0v) is 15.1. The van der Waals surface area contributed by atoms with E-state index >= 15 is 0 Å². The van der Waals surface area contributed by atoms with Crippen molar-refractivity contribution in [1.29, 1.82) is 0 Å². The fraction of sp³-hybridized carbons (Fsp3) is 0.450. The van der Waals surface area contributed by atoms with Gasteiger partial charge in [0, 0.05) is 24.5 Å². The molecule has 6 nitrogen and oxygen atoms in total. The highest BCUT2D eigenvalue weighted by atomic mass is 16.5. The molecule has 0 bridgehead atoms. The van der Waals surface area contributed by atoms with Crippen molar-refractivity contribution >= 4 is 22.8 Å². The monoisotopic (exact) mass is 357 g/mol. The largest absolute Gasteiger partial charge is 0.466 e. The molecule has 0 saturated carbocycles. The minimum absolute atomic E-state index is 0.0419. The van der Waals surface area contributed by atoms with E-state index in [0.29, 0.717) is 43.7 Å². The fourth-order valence-electron chi connectivity index (χ4n) is 3.38. The highest BCUT2D eigenvalue weighted by Gasteiger charge is 2.28. The topological polar surface area (TPSA) is 76.8 Å². The average Bonchev–Trinajstić information content (AvgIpc) is 2.61. The van der Waals surface area contributed by atoms with Crippen LogP contribution in [0.4, 0.5) is 0 Å². The number of hydrogen-bond acceptors (Lipinski definition) is 5. The second-order valence-corrected chi connectivity index (χ2v) is 6.67. The lowest BCUT2D eigenvalue weighted by molar-refractivity contribution is -0.151. The van der Waals surface area contributed by atoms with Crippen LogP contribution in [0, 0.1) is 12.8 Å². The van der Waals surface area contributed by atoms with Gasteiger partial charge in [0.2, 0.25) is 5.91 Å². The van der Waals surface area contributed by atoms with Crippen LogP contribution in [0.15, 0.2) is 33.5 Å². The average molecular weight is 357 g/mol. The van der Waals surface area contributed by atoms with Gasteiger partial charge in [0.25, 0.3) is 0 Å². The Bertz CT molecular complexity index is 877. The quantitative estimate of drug-likeness (QED) is 0.620. The van der Waals surface area contributed by atoms with Crippen LogP contribution in [0.2, 0.25) is 0 Å². The van der Waals surface area contributed by atoms with Crippen molar-refractivity contribution in [3.8, 4) is 0 Å². The molecule has 3 rings (SSSR count). The van der Waals surface area contributed by atoms with Crippen molar-refractivity contribution in [2.24, 2.45) is 5.92 Å². The lowest BCUT2D eigenvalue weighted by atomic mass is 9.96. The molecular weight excluding hydrogens is 334 g/mol. The lowest BCUT2D eigenvalue weighted by Crippen LogP contribution is -2.41. The van der Waals surface area contributed by atoms with Crippen LogP contribution >= 0.6 is 0 Å². The van der Waals surface area contributed by atoms with Gasteiger partial charge in [0.05, 0.1) is 18.9 Å². The molecule has 26 heavy (non-hydrogen) atoms. The Morgan fingerprint density at radius 3 is 2.65 bits per heavy atom. The molecule has 138 valence electrons. The molecular formula is C20H23NO5. The van der Waals surface area contributed by atoms with Gasteiger partial charge in [-0.1, -0.05) is 12.1 Å². The first kappa shape index (κ1) is 18.2. The number of aryl methyl sites for hydroxylation is 1. The Hall–Kier alpha value is -2.63. The van der Waals surface area contributed by atoms with Crippen molar-refractivity contribution in [1.82, 2.24) is 4.90 Å². The van der Waals surface area contributed by atoms with Gasteiger partial charge in [0.1, 0.15) is 5.58 Å². The molecule has 1 aromatic heterocycles. The molecule has 1 amide bonds. The van der Waals surface area contributed by atoms with Gasteiger partial charge in [-0.05, 0) is 43.9 Å². The van der Waals surface area contributed by atoms with E-state index in [1.165, 1.54) is 6.07 Å². The Kier molecular flexibility index (Phi) is 5.40. The highest BCUT2D eigenvalue weighted by molar-refractivity contribution is 5.87. The number of likely N-dealkylation sites (tertiary alicyclic amines) is 1. The Morgan fingerprint density at radius 2 is 1.96 bits per heavy atom. The Balaban J connectivity index is 1.70. The number of amides is 1. The molecule has 1 saturated heterocycles. The van der Waals surface area contributed by atoms with E-state index in [9.17, 15) is 14.4 Å². The van der Waals surface area contributed by atoms with Crippen LogP contribution < -0.4 is 5.63 Å². The number of nitrogens with zero attached hydrogens (tertiary/aromatic N) is 1. The number of piperidine rings is 1. The third kappa shape index (κ3) is 3.95. The molecule has 0 unspecified atom stereocenters. The molecule has 6 heteroatoms. The SMILES string of the molecule is CCOC(=O)C1CCN(C(=O)Cc2cc(=O)oc3cc(C)ccc23)CC1. The van der Waals surface area contributed by atoms with Crippen LogP contribution in [0.1, 0.15) is 30.9 Å². The summed E-state index contributed by atoms with van der Waals surface area (Å²) in [6, 6.07) is 7.00. The first-order valence-corrected chi connectivity index (χ1v) is 8.95. The van der Waals surface area contributed by atoms with Gasteiger partial charge < -0.3 is 14.1 Å². The molecule has 0 radical (unpaired) electrons. The van der Waals surface area contributed by atoms with Crippen LogP contribution in [0.25, 0.3) is 11.0 Å². The smallest absolute Gasteiger partial charge is 0.336 e. The second-order valence-electron chi connectivity index (χ2n) is 6.67. The number of hydrogen-bond donors (Lipinski definition) is 0. The van der Waals surface area contributed by atoms with E-state index in [4.69, 9.17) is 9.15 Å². The van der Waals surface area contributed by atoms with Crippen molar-refractivity contribution in [3.05, 3.63) is 45.8 Å². The van der Waals surface area contributed by atoms with Crippen LogP contribution in [-0.2, 0) is 20.7 Å². The van der Waals surface area contributed by atoms with E-state index in [-0.39, 0.29) is 24.2 Å². The molecule has 1 aliphatic heterocycles. The summed E-state index contributed by atoms with van der Waals surface area (Å²) in [6.07, 6.45) is 1.37. The molecule has 0 N–H and O–H groups in total. The third-order valence-electron chi connectivity index (χ3n) is 4.79. The summed E-state index contributed by atoms with van der Waals surface area (Å²) in [4.78, 5) is 38.0. The summed E-state index contributed by atoms with van der Waals surface area (Å²) < 4.78 is 10.3. The number of rotatable bonds is 4. The summed E-state index contributed by atoms with van der Waals surface area (Å²) in [5.74, 6) is -0.354. The summed E-state index contributed by atoms with van der Waals surface area (Å²) in [7, 11) is 0. The first-order valence-electron chi connectivity index (χ1n) is 8.95. The highest BCUT2D eigenvalue weighted by Crippen LogP contribution is 2.22. The fourth-order valence-corrected chi connectivity index (χ4v) is 3.38. The summed E-state index contributed by atoms with van der Waals surface area (Å²) in [6.45, 7) is 5.15. The van der Waals surface area contributed by atoms with E-state index < -0.39 is 5.63 Å². The Labute approximate surface area is 151 Å². The van der Waals surface area contributed by atoms with Gasteiger partial charge in [-0.2, -0.15) is 0 Å². The van der Waals surface area contributed by atoms with Gasteiger partial charge in [-0.25, -0.2) is 4.79 Å². The summed E-state index contributed by atoms with van der Waals surface area (Å²) >= 11 is 0. The minimum Gasteiger partial charge on any atom is -0.466 e. The van der Waals surface area contributed by atoms with Crippen molar-refractivity contribution in [2.45, 2.75) is 33.1 Å². The maximum absolute atomic E-state index is 12.7. The normalized spacial score (nSPS) is 15.2. The molecule has 0 spiro atoms. The molecule has 2 heterocycles. The number of fused-ring (bicyclic) bond motifs is 1. The van der Waals surface area contributed by atoms with Crippen LogP contribution in [-0.4, -0.2) is 36.5 Å². The first-order chi connectivity index (χ1) is 12.5. The maximum Gasteiger partial charge on any atom is 0.336 e. The molecule has 1 aromatic carbocycles. The molecule has 1 aliphatic rings. The minimum atomic E-state index is -0.452. The summed E-state index contributed by atoms with van der Waals surface area (Å²) in [5, 5.41) is 0.782. The van der Waals surface area contributed by atoms with Gasteiger partial charge in [-0.15, -0.1) is 0 Å². The predicted octanol–water partition coefficient (Wildman–Crippen LogP) is 2.45. The van der Waals surface area contributed by atoms with E-state index in [2.05, 4.69) is 0 Å². The van der Waals surface area contributed by atoms with Gasteiger partial charge >= 0.3 is 11.6 Å². The molecule has 0 atom stereocenters. The predicted molar refractivity (Wildman–Crippen MR) is 96.9 cm³/mol. The summed E-state index contributed by atoms with van der Waals surface area (Å²) in [5.41, 5.74) is 1.71. The van der Waals surface area contributed by atoms with E-state index in [1.54, 1.807) is 17.9 Å². The number of esters is 1. The van der Waals surface area contributed by atoms with E-state index in [0.717, 1.165) is 10.9 Å². The second kappa shape index (κ2) is 7.72. The van der Waals surface area contributed by atoms with Gasteiger partial charge in [-0.3, -0.25) is 9.59 Å². The number of carbonyl (C=O) groups is 2.